The summed E-state index contributed by atoms with van der Waals surface area (Å²) in [7, 11) is 0. The highest BCUT2D eigenvalue weighted by Crippen LogP contribution is 2.28. The van der Waals surface area contributed by atoms with Crippen LogP contribution >= 0.6 is 11.3 Å². The average Bonchev–Trinajstić information content (AvgIpc) is 3.39. The van der Waals surface area contributed by atoms with E-state index in [9.17, 15) is 23.9 Å². The van der Waals surface area contributed by atoms with E-state index in [1.165, 1.54) is 4.90 Å². The Hall–Kier alpha value is -2.85. The van der Waals surface area contributed by atoms with Crippen molar-refractivity contribution in [2.24, 2.45) is 5.41 Å². The number of likely N-dealkylation sites (tertiary alicyclic amines) is 1. The molecule has 2 heterocycles. The predicted octanol–water partition coefficient (Wildman–Crippen LogP) is 2.98. The van der Waals surface area contributed by atoms with Gasteiger partial charge in [0.15, 0.2) is 5.67 Å². The molecule has 3 rings (SSSR count). The zero-order valence-electron chi connectivity index (χ0n) is 21.6. The van der Waals surface area contributed by atoms with Crippen molar-refractivity contribution < 1.29 is 23.9 Å². The number of aromatic nitrogens is 1. The number of carbonyl (C=O) groups is 3. The number of aryl methyl sites for hydroxylation is 1. The molecule has 3 atom stereocenters. The van der Waals surface area contributed by atoms with Gasteiger partial charge in [-0.2, -0.15) is 0 Å². The molecule has 0 unspecified atom stereocenters. The number of alkyl halides is 1. The van der Waals surface area contributed by atoms with Crippen LogP contribution in [0.1, 0.15) is 52.3 Å². The third-order valence-electron chi connectivity index (χ3n) is 6.22. The number of halogens is 1. The number of benzene rings is 1. The van der Waals surface area contributed by atoms with E-state index in [-0.39, 0.29) is 19.5 Å². The van der Waals surface area contributed by atoms with Crippen molar-refractivity contribution in [2.75, 3.05) is 6.54 Å². The number of hydrogen-bond acceptors (Lipinski definition) is 6. The van der Waals surface area contributed by atoms with Crippen molar-refractivity contribution in [3.05, 3.63) is 41.0 Å². The largest absolute Gasteiger partial charge is 0.391 e. The first kappa shape index (κ1) is 27.7. The molecule has 1 aromatic heterocycles. The van der Waals surface area contributed by atoms with Crippen molar-refractivity contribution in [1.29, 1.82) is 0 Å². The third kappa shape index (κ3) is 6.47. The first-order valence-electron chi connectivity index (χ1n) is 11.9. The highest BCUT2D eigenvalue weighted by molar-refractivity contribution is 7.13. The number of rotatable bonds is 7. The third-order valence-corrected chi connectivity index (χ3v) is 7.20. The van der Waals surface area contributed by atoms with Crippen LogP contribution in [-0.2, 0) is 20.9 Å². The zero-order valence-corrected chi connectivity index (χ0v) is 22.4. The Morgan fingerprint density at radius 2 is 1.83 bits per heavy atom. The topological polar surface area (TPSA) is 112 Å². The zero-order chi connectivity index (χ0) is 26.8. The molecule has 3 amide bonds. The lowest BCUT2D eigenvalue weighted by molar-refractivity contribution is -0.145. The van der Waals surface area contributed by atoms with Crippen LogP contribution in [0.5, 0.6) is 0 Å². The molecular formula is C26H35FN4O4S. The molecule has 1 fully saturated rings. The smallest absolute Gasteiger partial charge is 0.257 e. The van der Waals surface area contributed by atoms with Crippen LogP contribution in [0.15, 0.2) is 29.8 Å². The summed E-state index contributed by atoms with van der Waals surface area (Å²) < 4.78 is 14.2. The summed E-state index contributed by atoms with van der Waals surface area (Å²) >= 11 is 1.57. The molecule has 36 heavy (non-hydrogen) atoms. The van der Waals surface area contributed by atoms with E-state index in [4.69, 9.17) is 0 Å². The monoisotopic (exact) mass is 518 g/mol. The molecule has 3 N–H and O–H groups in total. The van der Waals surface area contributed by atoms with Gasteiger partial charge in [0.25, 0.3) is 5.91 Å². The molecule has 1 aromatic carbocycles. The predicted molar refractivity (Wildman–Crippen MR) is 137 cm³/mol. The number of hydrogen-bond donors (Lipinski definition) is 3. The Balaban J connectivity index is 1.69. The maximum atomic E-state index is 14.2. The molecule has 8 nitrogen and oxygen atoms in total. The molecule has 0 radical (unpaired) electrons. The Kier molecular flexibility index (Phi) is 8.20. The molecule has 1 saturated heterocycles. The van der Waals surface area contributed by atoms with E-state index in [1.54, 1.807) is 37.6 Å². The molecular weight excluding hydrogens is 483 g/mol. The maximum absolute atomic E-state index is 14.2. The molecule has 0 aliphatic carbocycles. The molecule has 10 heteroatoms. The summed E-state index contributed by atoms with van der Waals surface area (Å²) in [5, 5.41) is 15.6. The van der Waals surface area contributed by atoms with Crippen LogP contribution in [0.4, 0.5) is 4.39 Å². The van der Waals surface area contributed by atoms with Gasteiger partial charge in [0.05, 0.1) is 22.2 Å². The quantitative estimate of drug-likeness (QED) is 0.522. The van der Waals surface area contributed by atoms with Crippen molar-refractivity contribution >= 4 is 29.1 Å². The lowest BCUT2D eigenvalue weighted by atomic mass is 9.85. The lowest BCUT2D eigenvalue weighted by Crippen LogP contribution is -2.59. The van der Waals surface area contributed by atoms with Crippen LogP contribution in [0.2, 0.25) is 0 Å². The summed E-state index contributed by atoms with van der Waals surface area (Å²) in [6.45, 7) is 9.66. The Bertz CT molecular complexity index is 1100. The van der Waals surface area contributed by atoms with E-state index < -0.39 is 47.0 Å². The van der Waals surface area contributed by atoms with Crippen molar-refractivity contribution in [2.45, 2.75) is 78.4 Å². The van der Waals surface area contributed by atoms with E-state index in [0.29, 0.717) is 0 Å². The van der Waals surface area contributed by atoms with Crippen LogP contribution in [0.3, 0.4) is 0 Å². The highest BCUT2D eigenvalue weighted by atomic mass is 32.1. The second kappa shape index (κ2) is 10.6. The van der Waals surface area contributed by atoms with Gasteiger partial charge in [0.2, 0.25) is 11.8 Å². The summed E-state index contributed by atoms with van der Waals surface area (Å²) in [5.74, 6) is -1.83. The van der Waals surface area contributed by atoms with Crippen LogP contribution in [0.25, 0.3) is 10.4 Å². The molecule has 1 aliphatic rings. The minimum Gasteiger partial charge on any atom is -0.391 e. The Morgan fingerprint density at radius 1 is 1.19 bits per heavy atom. The average molecular weight is 519 g/mol. The van der Waals surface area contributed by atoms with Gasteiger partial charge in [0.1, 0.15) is 12.1 Å². The summed E-state index contributed by atoms with van der Waals surface area (Å²) in [6, 6.07) is 5.83. The van der Waals surface area contributed by atoms with Gasteiger partial charge in [0, 0.05) is 19.5 Å². The van der Waals surface area contributed by atoms with Crippen LogP contribution in [0, 0.1) is 12.3 Å². The van der Waals surface area contributed by atoms with Gasteiger partial charge >= 0.3 is 0 Å². The first-order chi connectivity index (χ1) is 16.7. The number of β-amino-alcohol motifs (C(OH)–C–C–N with tert-alkyl or cyclic N) is 1. The number of carbonyl (C=O) groups excluding carboxylic acids is 3. The molecule has 0 saturated carbocycles. The number of nitrogens with one attached hydrogen (secondary N) is 2. The van der Waals surface area contributed by atoms with Gasteiger partial charge in [-0.3, -0.25) is 14.4 Å². The lowest BCUT2D eigenvalue weighted by Gasteiger charge is -2.36. The van der Waals surface area contributed by atoms with E-state index in [0.717, 1.165) is 35.5 Å². The number of aliphatic hydroxyl groups excluding tert-OH is 1. The SMILES string of the molecule is Cc1ncsc1-c1ccc(CNC(=O)[C@@H]2C[C@@H](O)CN2C(=O)[C@@H](NC(=O)C(C)(C)F)C(C)(C)C)cc1. The van der Waals surface area contributed by atoms with Gasteiger partial charge in [-0.25, -0.2) is 9.37 Å². The van der Waals surface area contributed by atoms with E-state index in [1.807, 2.05) is 31.2 Å². The van der Waals surface area contributed by atoms with Crippen molar-refractivity contribution in [1.82, 2.24) is 20.5 Å². The van der Waals surface area contributed by atoms with Gasteiger partial charge in [-0.1, -0.05) is 45.0 Å². The molecule has 1 aliphatic heterocycles. The standard InChI is InChI=1S/C26H35FN4O4S/c1-15-20(36-14-29-15)17-9-7-16(8-10-17)12-28-22(33)19-11-18(32)13-31(19)23(34)21(25(2,3)4)30-24(35)26(5,6)27/h7-10,14,18-19,21,32H,11-13H2,1-6H3,(H,28,33)(H,30,35)/t18-,19+,21-/m1/s1. The fourth-order valence-corrected chi connectivity index (χ4v) is 4.89. The number of aliphatic hydroxyl groups is 1. The highest BCUT2D eigenvalue weighted by Gasteiger charge is 2.45. The second-order valence-electron chi connectivity index (χ2n) is 10.8. The number of thiazole rings is 1. The van der Waals surface area contributed by atoms with Gasteiger partial charge in [-0.05, 0) is 37.3 Å². The van der Waals surface area contributed by atoms with Crippen LogP contribution < -0.4 is 10.6 Å². The van der Waals surface area contributed by atoms with Gasteiger partial charge in [-0.15, -0.1) is 11.3 Å². The fraction of sp³-hybridized carbons (Fsp3) is 0.538. The van der Waals surface area contributed by atoms with Crippen LogP contribution in [-0.4, -0.2) is 63.1 Å². The Morgan fingerprint density at radius 3 is 2.36 bits per heavy atom. The summed E-state index contributed by atoms with van der Waals surface area (Å²) in [5.41, 5.74) is 1.79. The van der Waals surface area contributed by atoms with Gasteiger partial charge < -0.3 is 20.6 Å². The minimum atomic E-state index is -2.17. The Labute approximate surface area is 215 Å². The second-order valence-corrected chi connectivity index (χ2v) is 11.7. The molecule has 0 spiro atoms. The maximum Gasteiger partial charge on any atom is 0.257 e. The molecule has 196 valence electrons. The summed E-state index contributed by atoms with van der Waals surface area (Å²) in [4.78, 5) is 45.5. The number of nitrogens with zero attached hydrogens (tertiary/aromatic N) is 2. The summed E-state index contributed by atoms with van der Waals surface area (Å²) in [6.07, 6.45) is -0.791. The first-order valence-corrected chi connectivity index (χ1v) is 12.8. The van der Waals surface area contributed by atoms with E-state index in [2.05, 4.69) is 15.6 Å². The fourth-order valence-electron chi connectivity index (χ4n) is 4.08. The number of amides is 3. The molecule has 2 aromatic rings. The van der Waals surface area contributed by atoms with Crippen molar-refractivity contribution in [3.63, 3.8) is 0 Å². The minimum absolute atomic E-state index is 0.0404. The van der Waals surface area contributed by atoms with Crippen molar-refractivity contribution in [3.8, 4) is 10.4 Å². The van der Waals surface area contributed by atoms with E-state index >= 15 is 0 Å². The normalized spacial score (nSPS) is 19.2. The molecule has 0 bridgehead atoms.